The molecule has 1 amide bonds. The first-order chi connectivity index (χ1) is 15.6. The Bertz CT molecular complexity index is 752. The zero-order valence-corrected chi connectivity index (χ0v) is 21.4. The minimum Gasteiger partial charge on any atom is -0.481 e. The fourth-order valence-electron chi connectivity index (χ4n) is 3.92. The Morgan fingerprint density at radius 3 is 2.06 bits per heavy atom. The summed E-state index contributed by atoms with van der Waals surface area (Å²) in [5, 5.41) is 21.4. The molecule has 1 rings (SSSR count). The fraction of sp³-hybridized carbons (Fsp3) is 0.654. The van der Waals surface area contributed by atoms with Crippen LogP contribution in [-0.2, 0) is 14.4 Å². The Morgan fingerprint density at radius 2 is 1.48 bits per heavy atom. The van der Waals surface area contributed by atoms with Crippen LogP contribution in [0.15, 0.2) is 34.9 Å². The van der Waals surface area contributed by atoms with E-state index in [-0.39, 0.29) is 5.75 Å². The summed E-state index contributed by atoms with van der Waals surface area (Å²) in [6.45, 7) is 8.48. The molecule has 0 saturated heterocycles. The second-order valence-corrected chi connectivity index (χ2v) is 10.3. The molecule has 3 N–H and O–H groups in total. The van der Waals surface area contributed by atoms with E-state index in [0.717, 1.165) is 38.5 Å². The van der Waals surface area contributed by atoms with Crippen molar-refractivity contribution in [1.29, 1.82) is 0 Å². The molecule has 1 aliphatic carbocycles. The Balaban J connectivity index is 2.43. The van der Waals surface area contributed by atoms with E-state index >= 15 is 0 Å². The first-order valence-electron chi connectivity index (χ1n) is 11.9. The van der Waals surface area contributed by atoms with Gasteiger partial charge in [0.05, 0.1) is 11.8 Å². The third-order valence-corrected chi connectivity index (χ3v) is 6.96. The molecule has 0 aliphatic heterocycles. The van der Waals surface area contributed by atoms with Crippen molar-refractivity contribution in [3.05, 3.63) is 34.9 Å². The maximum Gasteiger partial charge on any atom is 0.327 e. The molecule has 0 aromatic heterocycles. The fourth-order valence-corrected chi connectivity index (χ4v) is 4.92. The largest absolute Gasteiger partial charge is 0.481 e. The average Bonchev–Trinajstić information content (AvgIpc) is 2.75. The number of allylic oxidation sites excluding steroid dienone is 5. The lowest BCUT2D eigenvalue weighted by Gasteiger charge is -2.28. The number of hydrogen-bond donors (Lipinski definition) is 3. The summed E-state index contributed by atoms with van der Waals surface area (Å²) >= 11 is 1.46. The van der Waals surface area contributed by atoms with Gasteiger partial charge in [0, 0.05) is 11.5 Å². The van der Waals surface area contributed by atoms with Gasteiger partial charge in [0.2, 0.25) is 5.91 Å². The third-order valence-electron chi connectivity index (χ3n) is 5.99. The molecule has 186 valence electrons. The molecule has 3 atom stereocenters. The normalized spacial score (nSPS) is 20.1. The maximum absolute atomic E-state index is 12.6. The van der Waals surface area contributed by atoms with Crippen molar-refractivity contribution in [2.75, 3.05) is 11.5 Å². The van der Waals surface area contributed by atoms with Crippen LogP contribution in [0.4, 0.5) is 0 Å². The number of carbonyl (C=O) groups excluding carboxylic acids is 1. The van der Waals surface area contributed by atoms with E-state index in [1.165, 1.54) is 28.5 Å². The number of carboxylic acids is 2. The molecule has 6 nitrogen and oxygen atoms in total. The lowest BCUT2D eigenvalue weighted by atomic mass is 9.78. The van der Waals surface area contributed by atoms with Crippen molar-refractivity contribution in [1.82, 2.24) is 5.32 Å². The van der Waals surface area contributed by atoms with Gasteiger partial charge in [-0.05, 0) is 66.2 Å². The molecule has 1 saturated carbocycles. The van der Waals surface area contributed by atoms with E-state index in [9.17, 15) is 24.6 Å². The first-order valence-corrected chi connectivity index (χ1v) is 13.1. The molecule has 0 spiro atoms. The highest BCUT2D eigenvalue weighted by atomic mass is 32.2. The van der Waals surface area contributed by atoms with E-state index in [4.69, 9.17) is 0 Å². The topological polar surface area (TPSA) is 104 Å². The van der Waals surface area contributed by atoms with Crippen molar-refractivity contribution in [3.8, 4) is 0 Å². The number of hydrogen-bond acceptors (Lipinski definition) is 4. The van der Waals surface area contributed by atoms with Gasteiger partial charge in [-0.25, -0.2) is 4.79 Å². The van der Waals surface area contributed by atoms with Gasteiger partial charge in [-0.15, -0.1) is 0 Å². The van der Waals surface area contributed by atoms with E-state index in [1.807, 2.05) is 0 Å². The van der Waals surface area contributed by atoms with Crippen LogP contribution in [-0.4, -0.2) is 45.6 Å². The molecular formula is C26H41NO5S. The van der Waals surface area contributed by atoms with Crippen molar-refractivity contribution in [2.24, 2.45) is 11.8 Å². The zero-order chi connectivity index (χ0) is 24.8. The second-order valence-electron chi connectivity index (χ2n) is 9.23. The van der Waals surface area contributed by atoms with Gasteiger partial charge in [-0.3, -0.25) is 9.59 Å². The molecule has 0 aromatic rings. The second kappa shape index (κ2) is 15.8. The van der Waals surface area contributed by atoms with Gasteiger partial charge in [0.25, 0.3) is 0 Å². The van der Waals surface area contributed by atoms with Gasteiger partial charge in [0.15, 0.2) is 0 Å². The molecule has 1 aliphatic rings. The van der Waals surface area contributed by atoms with Gasteiger partial charge in [-0.1, -0.05) is 47.8 Å². The van der Waals surface area contributed by atoms with E-state index < -0.39 is 35.7 Å². The van der Waals surface area contributed by atoms with Crippen LogP contribution in [0.2, 0.25) is 0 Å². The number of nitrogens with one attached hydrogen (secondary N) is 1. The van der Waals surface area contributed by atoms with E-state index in [1.54, 1.807) is 0 Å². The van der Waals surface area contributed by atoms with Crippen molar-refractivity contribution in [2.45, 2.75) is 85.1 Å². The Hall–Kier alpha value is -2.02. The molecule has 1 fully saturated rings. The number of carboxylic acid groups (broad SMARTS) is 2. The van der Waals surface area contributed by atoms with E-state index in [0.29, 0.717) is 18.6 Å². The van der Waals surface area contributed by atoms with Crippen LogP contribution in [0.25, 0.3) is 0 Å². The Morgan fingerprint density at radius 1 is 0.909 bits per heavy atom. The summed E-state index contributed by atoms with van der Waals surface area (Å²) in [6, 6.07) is -1.01. The Kier molecular flexibility index (Phi) is 13.8. The Labute approximate surface area is 203 Å². The summed E-state index contributed by atoms with van der Waals surface area (Å²) < 4.78 is 0. The van der Waals surface area contributed by atoms with Crippen molar-refractivity contribution < 1.29 is 24.6 Å². The summed E-state index contributed by atoms with van der Waals surface area (Å²) in [6.07, 6.45) is 13.3. The number of rotatable bonds is 14. The predicted molar refractivity (Wildman–Crippen MR) is 135 cm³/mol. The molecule has 7 heteroatoms. The number of aliphatic carboxylic acids is 2. The molecule has 0 radical (unpaired) electrons. The molecular weight excluding hydrogens is 438 g/mol. The molecule has 0 aromatic carbocycles. The summed E-state index contributed by atoms with van der Waals surface area (Å²) in [5.41, 5.74) is 4.01. The monoisotopic (exact) mass is 479 g/mol. The van der Waals surface area contributed by atoms with Crippen LogP contribution in [0, 0.1) is 11.8 Å². The van der Waals surface area contributed by atoms with Crippen molar-refractivity contribution >= 4 is 29.6 Å². The highest BCUT2D eigenvalue weighted by Crippen LogP contribution is 2.30. The SMILES string of the molecule is CC(C)=CCC/C(C)=C/CC/C(C)=C/CSC[C@H](NC(=O)[C@H]1CCCC[C@H]1C(=O)O)C(=O)O. The zero-order valence-electron chi connectivity index (χ0n) is 20.6. The van der Waals surface area contributed by atoms with Crippen LogP contribution in [0.3, 0.4) is 0 Å². The minimum absolute atomic E-state index is 0.249. The lowest BCUT2D eigenvalue weighted by Crippen LogP contribution is -2.48. The highest BCUT2D eigenvalue weighted by molar-refractivity contribution is 7.99. The van der Waals surface area contributed by atoms with Gasteiger partial charge in [0.1, 0.15) is 6.04 Å². The van der Waals surface area contributed by atoms with Gasteiger partial charge in [-0.2, -0.15) is 11.8 Å². The molecule has 0 unspecified atom stereocenters. The third kappa shape index (κ3) is 12.1. The van der Waals surface area contributed by atoms with Gasteiger partial charge < -0.3 is 15.5 Å². The number of carbonyl (C=O) groups is 3. The summed E-state index contributed by atoms with van der Waals surface area (Å²) in [4.78, 5) is 35.6. The standard InChI is InChI=1S/C26H41NO5S/c1-18(2)9-7-10-19(3)11-8-12-20(4)15-16-33-17-23(26(31)32)27-24(28)21-13-5-6-14-22(21)25(29)30/h9,11,15,21-23H,5-8,10,12-14,16-17H2,1-4H3,(H,27,28)(H,29,30)(H,31,32)/b19-11+,20-15+/t21-,22+,23-/m0/s1. The smallest absolute Gasteiger partial charge is 0.327 e. The molecule has 0 bridgehead atoms. The van der Waals surface area contributed by atoms with Crippen LogP contribution < -0.4 is 5.32 Å². The summed E-state index contributed by atoms with van der Waals surface area (Å²) in [7, 11) is 0. The van der Waals surface area contributed by atoms with Crippen LogP contribution >= 0.6 is 11.8 Å². The predicted octanol–water partition coefficient (Wildman–Crippen LogP) is 5.60. The number of amides is 1. The van der Waals surface area contributed by atoms with Crippen LogP contribution in [0.5, 0.6) is 0 Å². The van der Waals surface area contributed by atoms with Gasteiger partial charge >= 0.3 is 11.9 Å². The average molecular weight is 480 g/mol. The maximum atomic E-state index is 12.6. The first kappa shape index (κ1) is 29.0. The van der Waals surface area contributed by atoms with E-state index in [2.05, 4.69) is 51.2 Å². The minimum atomic E-state index is -1.09. The lowest BCUT2D eigenvalue weighted by molar-refractivity contribution is -0.149. The quantitative estimate of drug-likeness (QED) is 0.221. The highest BCUT2D eigenvalue weighted by Gasteiger charge is 2.37. The summed E-state index contributed by atoms with van der Waals surface area (Å²) in [5.74, 6) is -2.97. The number of thioether (sulfide) groups is 1. The van der Waals surface area contributed by atoms with Crippen molar-refractivity contribution in [3.63, 3.8) is 0 Å². The van der Waals surface area contributed by atoms with Crippen LogP contribution in [0.1, 0.15) is 79.1 Å². The molecule has 33 heavy (non-hydrogen) atoms. The molecule has 0 heterocycles.